The van der Waals surface area contributed by atoms with E-state index in [-0.39, 0.29) is 0 Å². The van der Waals surface area contributed by atoms with E-state index in [1.54, 1.807) is 11.3 Å². The first-order valence-corrected chi connectivity index (χ1v) is 5.92. The molecule has 2 aromatic rings. The number of rotatable bonds is 2. The summed E-state index contributed by atoms with van der Waals surface area (Å²) in [6.07, 6.45) is 1.98. The van der Waals surface area contributed by atoms with Gasteiger partial charge in [0.25, 0.3) is 0 Å². The zero-order valence-electron chi connectivity index (χ0n) is 7.99. The van der Waals surface area contributed by atoms with Crippen molar-refractivity contribution in [1.29, 1.82) is 0 Å². The Kier molecular flexibility index (Phi) is 2.69. The lowest BCUT2D eigenvalue weighted by molar-refractivity contribution is 0.754. The van der Waals surface area contributed by atoms with Crippen LogP contribution in [0.1, 0.15) is 16.5 Å². The van der Waals surface area contributed by atoms with Crippen molar-refractivity contribution in [3.8, 4) is 0 Å². The topological polar surface area (TPSA) is 30.7 Å². The van der Waals surface area contributed by atoms with Crippen LogP contribution in [0, 0.1) is 13.8 Å². The number of nitrogens with zero attached hydrogens (tertiary/aromatic N) is 3. The molecule has 0 spiro atoms. The third kappa shape index (κ3) is 2.04. The van der Waals surface area contributed by atoms with Crippen molar-refractivity contribution in [1.82, 2.24) is 14.5 Å². The first-order chi connectivity index (χ1) is 6.65. The predicted molar refractivity (Wildman–Crippen MR) is 60.6 cm³/mol. The van der Waals surface area contributed by atoms with E-state index in [1.165, 1.54) is 0 Å². The third-order valence-corrected chi connectivity index (χ3v) is 3.25. The molecule has 0 aliphatic carbocycles. The van der Waals surface area contributed by atoms with Gasteiger partial charge in [-0.25, -0.2) is 9.97 Å². The molecule has 0 aliphatic rings. The minimum Gasteiger partial charge on any atom is -0.327 e. The van der Waals surface area contributed by atoms with E-state index in [0.29, 0.717) is 0 Å². The van der Waals surface area contributed by atoms with Gasteiger partial charge in [-0.1, -0.05) is 0 Å². The van der Waals surface area contributed by atoms with E-state index in [1.807, 2.05) is 20.0 Å². The van der Waals surface area contributed by atoms with E-state index in [2.05, 4.69) is 35.8 Å². The summed E-state index contributed by atoms with van der Waals surface area (Å²) < 4.78 is 2.96. The second kappa shape index (κ2) is 3.82. The van der Waals surface area contributed by atoms with Crippen LogP contribution in [0.4, 0.5) is 0 Å². The molecule has 0 atom stereocenters. The smallest absolute Gasteiger partial charge is 0.124 e. The largest absolute Gasteiger partial charge is 0.327 e. The highest BCUT2D eigenvalue weighted by Crippen LogP contribution is 2.14. The minimum absolute atomic E-state index is 0.808. The van der Waals surface area contributed by atoms with Gasteiger partial charge in [-0.2, -0.15) is 0 Å². The predicted octanol–water partition coefficient (Wildman–Crippen LogP) is 2.77. The van der Waals surface area contributed by atoms with Gasteiger partial charge in [-0.3, -0.25) is 0 Å². The first kappa shape index (κ1) is 9.86. The van der Waals surface area contributed by atoms with Gasteiger partial charge in [0.2, 0.25) is 0 Å². The molecule has 0 saturated heterocycles. The molecular formula is C9H10BrN3S. The maximum Gasteiger partial charge on any atom is 0.124 e. The Labute approximate surface area is 94.9 Å². The molecule has 3 nitrogen and oxygen atoms in total. The van der Waals surface area contributed by atoms with Crippen LogP contribution < -0.4 is 0 Å². The molecule has 0 aromatic carbocycles. The van der Waals surface area contributed by atoms with Gasteiger partial charge >= 0.3 is 0 Å². The molecule has 74 valence electrons. The van der Waals surface area contributed by atoms with Crippen LogP contribution in [0.15, 0.2) is 16.2 Å². The van der Waals surface area contributed by atoms with Crippen molar-refractivity contribution < 1.29 is 0 Å². The summed E-state index contributed by atoms with van der Waals surface area (Å²) in [5.41, 5.74) is 1.09. The van der Waals surface area contributed by atoms with Gasteiger partial charge in [0, 0.05) is 17.3 Å². The van der Waals surface area contributed by atoms with Gasteiger partial charge in [-0.05, 0) is 29.8 Å². The SMILES string of the molecule is Cc1csc(Cn2cc(Br)nc2C)n1. The molecule has 0 N–H and O–H groups in total. The second-order valence-corrected chi connectivity index (χ2v) is 4.88. The zero-order valence-corrected chi connectivity index (χ0v) is 10.4. The third-order valence-electron chi connectivity index (χ3n) is 1.92. The van der Waals surface area contributed by atoms with Crippen LogP contribution in [0.25, 0.3) is 0 Å². The zero-order chi connectivity index (χ0) is 10.1. The van der Waals surface area contributed by atoms with Crippen molar-refractivity contribution in [3.63, 3.8) is 0 Å². The summed E-state index contributed by atoms with van der Waals surface area (Å²) in [5, 5.41) is 3.19. The molecule has 2 rings (SSSR count). The molecule has 2 aromatic heterocycles. The first-order valence-electron chi connectivity index (χ1n) is 4.25. The molecule has 0 saturated carbocycles. The van der Waals surface area contributed by atoms with E-state index in [0.717, 1.165) is 27.7 Å². The number of halogens is 1. The van der Waals surface area contributed by atoms with Crippen molar-refractivity contribution in [2.24, 2.45) is 0 Å². The Hall–Kier alpha value is -0.680. The number of hydrogen-bond donors (Lipinski definition) is 0. The highest BCUT2D eigenvalue weighted by molar-refractivity contribution is 9.10. The number of aryl methyl sites for hydroxylation is 2. The summed E-state index contributed by atoms with van der Waals surface area (Å²) in [7, 11) is 0. The molecule has 0 fully saturated rings. The Morgan fingerprint density at radius 3 is 2.71 bits per heavy atom. The Balaban J connectivity index is 2.22. The summed E-state index contributed by atoms with van der Waals surface area (Å²) in [5.74, 6) is 1.00. The summed E-state index contributed by atoms with van der Waals surface area (Å²) in [6.45, 7) is 4.81. The molecular weight excluding hydrogens is 262 g/mol. The van der Waals surface area contributed by atoms with Crippen LogP contribution in [-0.2, 0) is 6.54 Å². The van der Waals surface area contributed by atoms with E-state index >= 15 is 0 Å². The molecule has 2 heterocycles. The van der Waals surface area contributed by atoms with E-state index in [9.17, 15) is 0 Å². The van der Waals surface area contributed by atoms with Crippen molar-refractivity contribution in [2.45, 2.75) is 20.4 Å². The van der Waals surface area contributed by atoms with Gasteiger partial charge in [-0.15, -0.1) is 11.3 Å². The normalized spacial score (nSPS) is 10.8. The Morgan fingerprint density at radius 2 is 2.21 bits per heavy atom. The van der Waals surface area contributed by atoms with E-state index < -0.39 is 0 Å². The van der Waals surface area contributed by atoms with Crippen molar-refractivity contribution in [2.75, 3.05) is 0 Å². The standard InChI is InChI=1S/C9H10BrN3S/c1-6-5-14-9(11-6)4-13-3-8(10)12-7(13)2/h3,5H,4H2,1-2H3. The number of aromatic nitrogens is 3. The number of thiazole rings is 1. The van der Waals surface area contributed by atoms with Gasteiger partial charge < -0.3 is 4.57 Å². The summed E-state index contributed by atoms with van der Waals surface area (Å²) >= 11 is 5.04. The number of imidazole rings is 1. The monoisotopic (exact) mass is 271 g/mol. The molecule has 0 bridgehead atoms. The van der Waals surface area contributed by atoms with Gasteiger partial charge in [0.15, 0.2) is 0 Å². The lowest BCUT2D eigenvalue weighted by Gasteiger charge is -2.00. The quantitative estimate of drug-likeness (QED) is 0.841. The molecule has 0 aliphatic heterocycles. The molecule has 5 heteroatoms. The molecule has 0 unspecified atom stereocenters. The summed E-state index contributed by atoms with van der Waals surface area (Å²) in [4.78, 5) is 8.68. The van der Waals surface area contributed by atoms with Crippen LogP contribution in [-0.4, -0.2) is 14.5 Å². The number of hydrogen-bond acceptors (Lipinski definition) is 3. The Morgan fingerprint density at radius 1 is 1.43 bits per heavy atom. The highest BCUT2D eigenvalue weighted by Gasteiger charge is 2.04. The van der Waals surface area contributed by atoms with E-state index in [4.69, 9.17) is 0 Å². The fraction of sp³-hybridized carbons (Fsp3) is 0.333. The highest BCUT2D eigenvalue weighted by atomic mass is 79.9. The fourth-order valence-corrected chi connectivity index (χ4v) is 2.52. The van der Waals surface area contributed by atoms with Crippen LogP contribution in [0.2, 0.25) is 0 Å². The average Bonchev–Trinajstić information content (AvgIpc) is 2.61. The molecule has 0 amide bonds. The Bertz CT molecular complexity index is 447. The second-order valence-electron chi connectivity index (χ2n) is 3.12. The summed E-state index contributed by atoms with van der Waals surface area (Å²) in [6, 6.07) is 0. The lowest BCUT2D eigenvalue weighted by atomic mass is 10.5. The fourth-order valence-electron chi connectivity index (χ4n) is 1.25. The minimum atomic E-state index is 0.808. The average molecular weight is 272 g/mol. The lowest BCUT2D eigenvalue weighted by Crippen LogP contribution is -2.00. The van der Waals surface area contributed by atoms with Gasteiger partial charge in [0.05, 0.1) is 6.54 Å². The van der Waals surface area contributed by atoms with Gasteiger partial charge in [0.1, 0.15) is 15.4 Å². The molecule has 14 heavy (non-hydrogen) atoms. The van der Waals surface area contributed by atoms with Crippen molar-refractivity contribution >= 4 is 27.3 Å². The van der Waals surface area contributed by atoms with Crippen LogP contribution in [0.5, 0.6) is 0 Å². The van der Waals surface area contributed by atoms with Crippen molar-refractivity contribution in [3.05, 3.63) is 32.7 Å². The van der Waals surface area contributed by atoms with Crippen LogP contribution >= 0.6 is 27.3 Å². The van der Waals surface area contributed by atoms with Crippen LogP contribution in [0.3, 0.4) is 0 Å². The molecule has 0 radical (unpaired) electrons. The maximum atomic E-state index is 4.41. The maximum absolute atomic E-state index is 4.41.